The molecule has 0 spiro atoms. The first-order valence-corrected chi connectivity index (χ1v) is 8.51. The second kappa shape index (κ2) is 8.48. The molecule has 7 nitrogen and oxygen atoms in total. The third-order valence-corrected chi connectivity index (χ3v) is 4.98. The number of aromatic amines is 1. The molecule has 1 aromatic heterocycles. The molecule has 8 heteroatoms. The fourth-order valence-corrected chi connectivity index (χ4v) is 3.74. The summed E-state index contributed by atoms with van der Waals surface area (Å²) >= 11 is 0. The van der Waals surface area contributed by atoms with Gasteiger partial charge in [-0.25, -0.2) is 0 Å². The van der Waals surface area contributed by atoms with Crippen LogP contribution in [0.5, 0.6) is 0 Å². The van der Waals surface area contributed by atoms with E-state index >= 15 is 0 Å². The van der Waals surface area contributed by atoms with Crippen LogP contribution >= 0.6 is 12.4 Å². The van der Waals surface area contributed by atoms with Crippen LogP contribution in [0.25, 0.3) is 0 Å². The first-order chi connectivity index (χ1) is 11.1. The summed E-state index contributed by atoms with van der Waals surface area (Å²) in [5.74, 6) is -0.247. The van der Waals surface area contributed by atoms with Gasteiger partial charge in [0.15, 0.2) is 5.69 Å². The van der Waals surface area contributed by atoms with E-state index < -0.39 is 0 Å². The molecule has 0 radical (unpaired) electrons. The zero-order valence-corrected chi connectivity index (χ0v) is 14.6. The Balaban J connectivity index is 0.00000208. The summed E-state index contributed by atoms with van der Waals surface area (Å²) in [4.78, 5) is 24.0. The first kappa shape index (κ1) is 18.7. The maximum absolute atomic E-state index is 12.6. The molecule has 0 bridgehead atoms. The lowest BCUT2D eigenvalue weighted by atomic mass is 9.82. The molecular formula is C16H26ClN5O2. The number of carbonyl (C=O) groups excluding carboxylic acids is 2. The molecule has 1 aliphatic heterocycles. The summed E-state index contributed by atoms with van der Waals surface area (Å²) in [5.41, 5.74) is 7.79. The van der Waals surface area contributed by atoms with E-state index in [4.69, 9.17) is 5.73 Å². The van der Waals surface area contributed by atoms with Gasteiger partial charge in [-0.1, -0.05) is 19.3 Å². The zero-order chi connectivity index (χ0) is 16.2. The Bertz CT molecular complexity index is 583. The molecule has 134 valence electrons. The summed E-state index contributed by atoms with van der Waals surface area (Å²) in [6.45, 7) is 1.54. The van der Waals surface area contributed by atoms with Crippen LogP contribution in [0.4, 0.5) is 0 Å². The maximum Gasteiger partial charge on any atom is 0.272 e. The number of nitrogens with two attached hydrogens (primary N) is 1. The Morgan fingerprint density at radius 3 is 2.75 bits per heavy atom. The van der Waals surface area contributed by atoms with E-state index in [0.29, 0.717) is 18.2 Å². The normalized spacial score (nSPS) is 19.0. The predicted molar refractivity (Wildman–Crippen MR) is 92.9 cm³/mol. The van der Waals surface area contributed by atoms with E-state index in [-0.39, 0.29) is 36.7 Å². The van der Waals surface area contributed by atoms with E-state index in [1.807, 2.05) is 0 Å². The number of nitrogens with zero attached hydrogens (tertiary/aromatic N) is 1. The van der Waals surface area contributed by atoms with Crippen molar-refractivity contribution in [3.05, 3.63) is 17.0 Å². The van der Waals surface area contributed by atoms with Gasteiger partial charge in [0.05, 0.1) is 0 Å². The summed E-state index contributed by atoms with van der Waals surface area (Å²) in [5, 5.41) is 13.4. The summed E-state index contributed by atoms with van der Waals surface area (Å²) < 4.78 is 0. The van der Waals surface area contributed by atoms with Crippen molar-refractivity contribution in [1.29, 1.82) is 0 Å². The van der Waals surface area contributed by atoms with Gasteiger partial charge in [-0.2, -0.15) is 5.10 Å². The lowest BCUT2D eigenvalue weighted by Crippen LogP contribution is -2.44. The molecule has 2 aliphatic rings. The predicted octanol–water partition coefficient (Wildman–Crippen LogP) is 1.03. The van der Waals surface area contributed by atoms with Gasteiger partial charge in [-0.05, 0) is 18.8 Å². The van der Waals surface area contributed by atoms with Gasteiger partial charge in [-0.3, -0.25) is 14.7 Å². The minimum Gasteiger partial charge on any atom is -0.370 e. The number of primary amides is 1. The lowest BCUT2D eigenvalue weighted by Gasteiger charge is -2.30. The highest BCUT2D eigenvalue weighted by Gasteiger charge is 2.29. The zero-order valence-electron chi connectivity index (χ0n) is 13.8. The van der Waals surface area contributed by atoms with E-state index in [2.05, 4.69) is 20.8 Å². The third kappa shape index (κ3) is 4.27. The number of H-pyrrole nitrogens is 1. The second-order valence-electron chi connectivity index (χ2n) is 6.60. The van der Waals surface area contributed by atoms with E-state index in [9.17, 15) is 9.59 Å². The van der Waals surface area contributed by atoms with Crippen LogP contribution in [0, 0.1) is 5.92 Å². The average Bonchev–Trinajstić information content (AvgIpc) is 2.99. The monoisotopic (exact) mass is 355 g/mol. The molecule has 1 aromatic rings. The van der Waals surface area contributed by atoms with Crippen molar-refractivity contribution in [2.75, 3.05) is 6.54 Å². The van der Waals surface area contributed by atoms with E-state index in [1.54, 1.807) is 0 Å². The molecule has 2 amide bonds. The molecular weight excluding hydrogens is 330 g/mol. The standard InChI is InChI=1S/C16H25N5O2.ClH/c17-14(22)8-13(10-4-2-1-3-5-10)19-16(23)15-11-9-18-7-6-12(11)20-21-15;/h10,13,18H,1-9H2,(H2,17,22)(H,19,23)(H,20,21);1H. The van der Waals surface area contributed by atoms with Gasteiger partial charge in [0, 0.05) is 43.2 Å². The van der Waals surface area contributed by atoms with Crippen LogP contribution < -0.4 is 16.4 Å². The van der Waals surface area contributed by atoms with Gasteiger partial charge < -0.3 is 16.4 Å². The number of rotatable bonds is 5. The molecule has 0 aromatic carbocycles. The number of fused-ring (bicyclic) bond motifs is 1. The maximum atomic E-state index is 12.6. The molecule has 3 rings (SSSR count). The van der Waals surface area contributed by atoms with Gasteiger partial charge in [0.25, 0.3) is 5.91 Å². The van der Waals surface area contributed by atoms with Crippen molar-refractivity contribution < 1.29 is 9.59 Å². The number of halogens is 1. The highest BCUT2D eigenvalue weighted by molar-refractivity contribution is 5.94. The van der Waals surface area contributed by atoms with Crippen molar-refractivity contribution in [2.45, 2.75) is 57.5 Å². The number of nitrogens with one attached hydrogen (secondary N) is 3. The Labute approximate surface area is 147 Å². The molecule has 24 heavy (non-hydrogen) atoms. The number of amides is 2. The Hall–Kier alpha value is -1.60. The van der Waals surface area contributed by atoms with Crippen LogP contribution in [0.15, 0.2) is 0 Å². The topological polar surface area (TPSA) is 113 Å². The van der Waals surface area contributed by atoms with Crippen molar-refractivity contribution in [3.63, 3.8) is 0 Å². The first-order valence-electron chi connectivity index (χ1n) is 8.51. The highest BCUT2D eigenvalue weighted by Crippen LogP contribution is 2.28. The number of carbonyl (C=O) groups is 2. The molecule has 1 fully saturated rings. The third-order valence-electron chi connectivity index (χ3n) is 4.98. The summed E-state index contributed by atoms with van der Waals surface area (Å²) in [6, 6.07) is -0.191. The van der Waals surface area contributed by atoms with Crippen LogP contribution in [-0.4, -0.2) is 34.6 Å². The quantitative estimate of drug-likeness (QED) is 0.631. The second-order valence-corrected chi connectivity index (χ2v) is 6.60. The molecule has 1 atom stereocenters. The van der Waals surface area contributed by atoms with Crippen LogP contribution in [0.2, 0.25) is 0 Å². The molecule has 1 aliphatic carbocycles. The smallest absolute Gasteiger partial charge is 0.272 e. The van der Waals surface area contributed by atoms with Gasteiger partial charge in [0.2, 0.25) is 5.91 Å². The molecule has 1 unspecified atom stereocenters. The Morgan fingerprint density at radius 2 is 2.04 bits per heavy atom. The van der Waals surface area contributed by atoms with Gasteiger partial charge >= 0.3 is 0 Å². The van der Waals surface area contributed by atoms with Crippen molar-refractivity contribution >= 4 is 24.2 Å². The average molecular weight is 356 g/mol. The van der Waals surface area contributed by atoms with Crippen LogP contribution in [0.3, 0.4) is 0 Å². The number of aromatic nitrogens is 2. The minimum atomic E-state index is -0.369. The molecule has 1 saturated carbocycles. The van der Waals surface area contributed by atoms with E-state index in [1.165, 1.54) is 6.42 Å². The summed E-state index contributed by atoms with van der Waals surface area (Å²) in [7, 11) is 0. The van der Waals surface area contributed by atoms with Crippen LogP contribution in [0.1, 0.15) is 60.3 Å². The fraction of sp³-hybridized carbons (Fsp3) is 0.688. The largest absolute Gasteiger partial charge is 0.370 e. The number of hydrogen-bond donors (Lipinski definition) is 4. The van der Waals surface area contributed by atoms with Crippen molar-refractivity contribution in [3.8, 4) is 0 Å². The van der Waals surface area contributed by atoms with Gasteiger partial charge in [-0.15, -0.1) is 12.4 Å². The number of hydrogen-bond acceptors (Lipinski definition) is 4. The van der Waals surface area contributed by atoms with Crippen molar-refractivity contribution in [1.82, 2.24) is 20.8 Å². The Kier molecular flexibility index (Phi) is 6.62. The lowest BCUT2D eigenvalue weighted by molar-refractivity contribution is -0.118. The SMILES string of the molecule is Cl.NC(=O)CC(NC(=O)c1n[nH]c2c1CNCC2)C1CCCCC1. The fourth-order valence-electron chi connectivity index (χ4n) is 3.74. The van der Waals surface area contributed by atoms with Crippen LogP contribution in [-0.2, 0) is 17.8 Å². The summed E-state index contributed by atoms with van der Waals surface area (Å²) in [6.07, 6.45) is 6.66. The van der Waals surface area contributed by atoms with Crippen molar-refractivity contribution in [2.24, 2.45) is 11.7 Å². The highest BCUT2D eigenvalue weighted by atomic mass is 35.5. The molecule has 5 N–H and O–H groups in total. The Morgan fingerprint density at radius 1 is 1.29 bits per heavy atom. The van der Waals surface area contributed by atoms with Gasteiger partial charge in [0.1, 0.15) is 0 Å². The van der Waals surface area contributed by atoms with E-state index in [0.717, 1.165) is 49.9 Å². The molecule has 0 saturated heterocycles. The minimum absolute atomic E-state index is 0. The molecule has 2 heterocycles.